The normalized spacial score (nSPS) is 17.1. The average molecular weight is 409 g/mol. The van der Waals surface area contributed by atoms with E-state index in [1.165, 1.54) is 4.90 Å². The molecule has 144 valence electrons. The fourth-order valence-corrected chi connectivity index (χ4v) is 3.77. The van der Waals surface area contributed by atoms with Gasteiger partial charge in [-0.2, -0.15) is 0 Å². The molecule has 1 saturated heterocycles. The van der Waals surface area contributed by atoms with Crippen LogP contribution in [-0.4, -0.2) is 49.4 Å². The predicted molar refractivity (Wildman–Crippen MR) is 109 cm³/mol. The number of likely N-dealkylation sites (N-methyl/N-ethyl adjacent to an activating group) is 1. The minimum absolute atomic E-state index is 0.199. The van der Waals surface area contributed by atoms with E-state index in [1.807, 2.05) is 19.2 Å². The molecule has 1 fully saturated rings. The Labute approximate surface area is 169 Å². The van der Waals surface area contributed by atoms with Gasteiger partial charge in [-0.1, -0.05) is 29.3 Å². The van der Waals surface area contributed by atoms with E-state index < -0.39 is 6.09 Å². The molecule has 0 saturated carbocycles. The zero-order valence-electron chi connectivity index (χ0n) is 15.3. The summed E-state index contributed by atoms with van der Waals surface area (Å²) in [7, 11) is 3.61. The van der Waals surface area contributed by atoms with Crippen molar-refractivity contribution in [2.45, 2.75) is 18.9 Å². The van der Waals surface area contributed by atoms with Gasteiger partial charge in [-0.05, 0) is 62.3 Å². The van der Waals surface area contributed by atoms with E-state index in [2.05, 4.69) is 4.90 Å². The summed E-state index contributed by atoms with van der Waals surface area (Å²) in [6.07, 6.45) is 1.08. The van der Waals surface area contributed by atoms with Crippen LogP contribution in [0, 0.1) is 0 Å². The van der Waals surface area contributed by atoms with Crippen LogP contribution in [0.15, 0.2) is 36.4 Å². The second-order valence-electron chi connectivity index (χ2n) is 6.68. The third-order valence-corrected chi connectivity index (χ3v) is 5.76. The molecular weight excluding hydrogens is 387 g/mol. The summed E-state index contributed by atoms with van der Waals surface area (Å²) in [6.45, 7) is 1.40. The summed E-state index contributed by atoms with van der Waals surface area (Å²) >= 11 is 12.2. The lowest BCUT2D eigenvalue weighted by atomic mass is 10.0. The van der Waals surface area contributed by atoms with Gasteiger partial charge >= 0.3 is 6.09 Å². The first kappa shape index (κ1) is 19.8. The number of amides is 1. The number of ether oxygens (including phenoxy) is 1. The Balaban J connectivity index is 2.06. The molecule has 27 heavy (non-hydrogen) atoms. The summed E-state index contributed by atoms with van der Waals surface area (Å²) in [5, 5.41) is 10.8. The lowest BCUT2D eigenvalue weighted by Gasteiger charge is -2.28. The second-order valence-corrected chi connectivity index (χ2v) is 7.50. The van der Waals surface area contributed by atoms with E-state index in [9.17, 15) is 9.90 Å². The van der Waals surface area contributed by atoms with Gasteiger partial charge < -0.3 is 14.7 Å². The van der Waals surface area contributed by atoms with Gasteiger partial charge in [0.15, 0.2) is 0 Å². The van der Waals surface area contributed by atoms with Crippen molar-refractivity contribution in [1.29, 1.82) is 0 Å². The zero-order chi connectivity index (χ0) is 19.6. The molecule has 5 nitrogen and oxygen atoms in total. The van der Waals surface area contributed by atoms with Crippen LogP contribution in [0.1, 0.15) is 12.8 Å². The van der Waals surface area contributed by atoms with Crippen LogP contribution in [0.25, 0.3) is 11.1 Å². The van der Waals surface area contributed by atoms with Crippen molar-refractivity contribution in [3.63, 3.8) is 0 Å². The fraction of sp³-hybridized carbons (Fsp3) is 0.350. The monoisotopic (exact) mass is 408 g/mol. The lowest BCUT2D eigenvalue weighted by molar-refractivity contribution is 0.198. The Hall–Kier alpha value is -1.95. The summed E-state index contributed by atoms with van der Waals surface area (Å²) in [6, 6.07) is 10.8. The van der Waals surface area contributed by atoms with E-state index in [1.54, 1.807) is 31.4 Å². The first-order valence-corrected chi connectivity index (χ1v) is 9.50. The molecule has 2 aromatic carbocycles. The molecular formula is C20H22Cl2N2O3. The first-order valence-electron chi connectivity index (χ1n) is 8.75. The minimum Gasteiger partial charge on any atom is -0.497 e. The van der Waals surface area contributed by atoms with Gasteiger partial charge in [0.05, 0.1) is 22.8 Å². The maximum absolute atomic E-state index is 12.1. The van der Waals surface area contributed by atoms with Crippen LogP contribution < -0.4 is 9.64 Å². The number of anilines is 1. The third kappa shape index (κ3) is 4.32. The van der Waals surface area contributed by atoms with Gasteiger partial charge in [0.1, 0.15) is 5.75 Å². The number of benzene rings is 2. The predicted octanol–water partition coefficient (Wildman–Crippen LogP) is 5.25. The highest BCUT2D eigenvalue weighted by Gasteiger charge is 2.28. The van der Waals surface area contributed by atoms with E-state index in [4.69, 9.17) is 27.9 Å². The topological polar surface area (TPSA) is 53.0 Å². The smallest absolute Gasteiger partial charge is 0.411 e. The van der Waals surface area contributed by atoms with Crippen LogP contribution in [0.3, 0.4) is 0 Å². The maximum atomic E-state index is 12.1. The number of likely N-dealkylation sites (tertiary alicyclic amines) is 1. The highest BCUT2D eigenvalue weighted by Crippen LogP contribution is 2.37. The van der Waals surface area contributed by atoms with Crippen LogP contribution >= 0.6 is 23.2 Å². The van der Waals surface area contributed by atoms with Crippen LogP contribution in [-0.2, 0) is 0 Å². The van der Waals surface area contributed by atoms with E-state index in [0.29, 0.717) is 28.0 Å². The van der Waals surface area contributed by atoms with Gasteiger partial charge in [-0.25, -0.2) is 4.79 Å². The first-order chi connectivity index (χ1) is 12.9. The molecule has 0 aromatic heterocycles. The van der Waals surface area contributed by atoms with E-state index in [-0.39, 0.29) is 6.04 Å². The Bertz CT molecular complexity index is 844. The molecule has 1 heterocycles. The highest BCUT2D eigenvalue weighted by atomic mass is 35.5. The summed E-state index contributed by atoms with van der Waals surface area (Å²) in [5.74, 6) is 0.642. The molecule has 3 rings (SSSR count). The van der Waals surface area contributed by atoms with Crippen molar-refractivity contribution in [2.75, 3.05) is 32.1 Å². The summed E-state index contributed by atoms with van der Waals surface area (Å²) in [5.41, 5.74) is 2.11. The number of nitrogens with zero attached hydrogens (tertiary/aromatic N) is 2. The van der Waals surface area contributed by atoms with Crippen LogP contribution in [0.4, 0.5) is 10.5 Å². The number of carboxylic acid groups (broad SMARTS) is 1. The number of hydrogen-bond acceptors (Lipinski definition) is 3. The molecule has 0 bridgehead atoms. The van der Waals surface area contributed by atoms with E-state index in [0.717, 1.165) is 30.5 Å². The van der Waals surface area contributed by atoms with Crippen molar-refractivity contribution in [3.05, 3.63) is 46.4 Å². The lowest BCUT2D eigenvalue weighted by Crippen LogP contribution is -2.41. The maximum Gasteiger partial charge on any atom is 0.411 e. The van der Waals surface area contributed by atoms with Gasteiger partial charge in [0.2, 0.25) is 0 Å². The fourth-order valence-electron chi connectivity index (χ4n) is 3.47. The van der Waals surface area contributed by atoms with Crippen molar-refractivity contribution in [2.24, 2.45) is 0 Å². The zero-order valence-corrected chi connectivity index (χ0v) is 16.8. The highest BCUT2D eigenvalue weighted by molar-refractivity contribution is 6.42. The minimum atomic E-state index is -0.984. The van der Waals surface area contributed by atoms with Gasteiger partial charge in [0, 0.05) is 18.2 Å². The standard InChI is InChI=1S/C20H22Cl2N2O3/c1-23-9-3-4-14(23)12-24(20(25)26)19-8-6-15(27-2)11-16(19)13-5-7-17(21)18(22)10-13/h5-8,10-11,14H,3-4,9,12H2,1-2H3,(H,25,26). The van der Waals surface area contributed by atoms with Crippen molar-refractivity contribution in [3.8, 4) is 16.9 Å². The number of halogens is 2. The molecule has 1 N–H and O–H groups in total. The molecule has 0 spiro atoms. The summed E-state index contributed by atoms with van der Waals surface area (Å²) in [4.78, 5) is 15.7. The number of methoxy groups -OCH3 is 1. The largest absolute Gasteiger partial charge is 0.497 e. The van der Waals surface area contributed by atoms with Crippen molar-refractivity contribution < 1.29 is 14.6 Å². The molecule has 1 unspecified atom stereocenters. The Morgan fingerprint density at radius 3 is 2.63 bits per heavy atom. The number of hydrogen-bond donors (Lipinski definition) is 1. The second kappa shape index (κ2) is 8.38. The number of rotatable bonds is 5. The molecule has 1 atom stereocenters. The number of carbonyl (C=O) groups is 1. The van der Waals surface area contributed by atoms with E-state index >= 15 is 0 Å². The Kier molecular flexibility index (Phi) is 6.15. The SMILES string of the molecule is COc1ccc(N(CC2CCCN2C)C(=O)O)c(-c2ccc(Cl)c(Cl)c2)c1. The van der Waals surface area contributed by atoms with Crippen LogP contribution in [0.5, 0.6) is 5.75 Å². The Morgan fingerprint density at radius 2 is 2.04 bits per heavy atom. The summed E-state index contributed by atoms with van der Waals surface area (Å²) < 4.78 is 5.34. The average Bonchev–Trinajstić information content (AvgIpc) is 3.06. The Morgan fingerprint density at radius 1 is 1.26 bits per heavy atom. The molecule has 0 radical (unpaired) electrons. The van der Waals surface area contributed by atoms with Gasteiger partial charge in [-0.15, -0.1) is 0 Å². The molecule has 1 aliphatic heterocycles. The van der Waals surface area contributed by atoms with Gasteiger partial charge in [0.25, 0.3) is 0 Å². The molecule has 2 aromatic rings. The van der Waals surface area contributed by atoms with Crippen molar-refractivity contribution in [1.82, 2.24) is 4.90 Å². The molecule has 7 heteroatoms. The third-order valence-electron chi connectivity index (χ3n) is 5.02. The van der Waals surface area contributed by atoms with Crippen LogP contribution in [0.2, 0.25) is 10.0 Å². The molecule has 1 aliphatic rings. The molecule has 1 amide bonds. The van der Waals surface area contributed by atoms with Crippen molar-refractivity contribution >= 4 is 35.0 Å². The quantitative estimate of drug-likeness (QED) is 0.733. The molecule has 0 aliphatic carbocycles. The van der Waals surface area contributed by atoms with Gasteiger partial charge in [-0.3, -0.25) is 4.90 Å².